The molecule has 0 fully saturated rings. The van der Waals surface area contributed by atoms with Crippen molar-refractivity contribution in [2.24, 2.45) is 10.8 Å². The van der Waals surface area contributed by atoms with E-state index in [1.165, 1.54) is 12.8 Å². The Bertz CT molecular complexity index is 340. The van der Waals surface area contributed by atoms with Crippen molar-refractivity contribution in [2.45, 2.75) is 93.2 Å². The Hall–Kier alpha value is 0.650. The average molecular weight is 424 g/mol. The van der Waals surface area contributed by atoms with Crippen LogP contribution in [0.15, 0.2) is 0 Å². The first-order valence-electron chi connectivity index (χ1n) is 8.71. The van der Waals surface area contributed by atoms with Crippen LogP contribution in [0.2, 0.25) is 0 Å². The molecular formula is C19H41IN2. The number of likely N-dealkylation sites (N-methyl/N-ethyl adjacent to an activating group) is 1. The molecule has 22 heavy (non-hydrogen) atoms. The molecule has 0 aliphatic rings. The maximum Gasteiger partial charge on any atom is 0.0427 e. The van der Waals surface area contributed by atoms with E-state index in [-0.39, 0.29) is 11.1 Å². The summed E-state index contributed by atoms with van der Waals surface area (Å²) in [5.74, 6) is 0. The topological polar surface area (TPSA) is 6.48 Å². The summed E-state index contributed by atoms with van der Waals surface area (Å²) in [6, 6.07) is 0. The molecule has 0 N–H and O–H groups in total. The molecule has 3 heteroatoms. The molecule has 0 amide bonds. The van der Waals surface area contributed by atoms with Gasteiger partial charge in [-0.3, -0.25) is 4.90 Å². The van der Waals surface area contributed by atoms with Gasteiger partial charge in [-0.05, 0) is 52.0 Å². The van der Waals surface area contributed by atoms with Gasteiger partial charge in [0.25, 0.3) is 0 Å². The monoisotopic (exact) mass is 424 g/mol. The molecule has 0 heterocycles. The standard InChI is InChI=1S/C19H41IN2/c1-12-13-17(5,6)15-21(11)18(7,8)19(9,10)22(20)14-16(2,3)4/h12-15H2,1-11H3. The molecule has 2 nitrogen and oxygen atoms in total. The van der Waals surface area contributed by atoms with E-state index >= 15 is 0 Å². The summed E-state index contributed by atoms with van der Waals surface area (Å²) in [5.41, 5.74) is 0.883. The highest BCUT2D eigenvalue weighted by Crippen LogP contribution is 2.38. The highest BCUT2D eigenvalue weighted by molar-refractivity contribution is 14.1. The molecule has 0 atom stereocenters. The van der Waals surface area contributed by atoms with Crippen molar-refractivity contribution < 1.29 is 0 Å². The van der Waals surface area contributed by atoms with Gasteiger partial charge in [-0.1, -0.05) is 48.0 Å². The number of nitrogens with zero attached hydrogens (tertiary/aromatic N) is 2. The predicted octanol–water partition coefficient (Wildman–Crippen LogP) is 6.00. The van der Waals surface area contributed by atoms with Crippen LogP contribution in [0, 0.1) is 10.8 Å². The van der Waals surface area contributed by atoms with E-state index in [9.17, 15) is 0 Å². The lowest BCUT2D eigenvalue weighted by Crippen LogP contribution is -2.64. The van der Waals surface area contributed by atoms with Gasteiger partial charge in [0.15, 0.2) is 0 Å². The van der Waals surface area contributed by atoms with Crippen molar-refractivity contribution in [3.05, 3.63) is 0 Å². The molecule has 0 aromatic rings. The third-order valence-electron chi connectivity index (χ3n) is 5.26. The van der Waals surface area contributed by atoms with Crippen LogP contribution < -0.4 is 0 Å². The molecule has 0 radical (unpaired) electrons. The second-order valence-corrected chi connectivity index (χ2v) is 11.1. The third-order valence-corrected chi connectivity index (χ3v) is 6.81. The zero-order chi connectivity index (χ0) is 18.0. The molecule has 0 aromatic carbocycles. The summed E-state index contributed by atoms with van der Waals surface area (Å²) >= 11 is 2.53. The van der Waals surface area contributed by atoms with Gasteiger partial charge >= 0.3 is 0 Å². The van der Waals surface area contributed by atoms with Crippen LogP contribution in [0.1, 0.15) is 82.1 Å². The zero-order valence-electron chi connectivity index (χ0n) is 17.1. The van der Waals surface area contributed by atoms with Gasteiger partial charge in [-0.2, -0.15) is 0 Å². The van der Waals surface area contributed by atoms with Gasteiger partial charge in [-0.15, -0.1) is 0 Å². The first kappa shape index (κ1) is 22.6. The number of hydrogen-bond acceptors (Lipinski definition) is 2. The van der Waals surface area contributed by atoms with Gasteiger partial charge < -0.3 is 0 Å². The minimum atomic E-state index is 0.0951. The molecule has 0 aliphatic heterocycles. The Kier molecular flexibility index (Phi) is 7.92. The Labute approximate surface area is 154 Å². The van der Waals surface area contributed by atoms with Crippen LogP contribution in [0.5, 0.6) is 0 Å². The lowest BCUT2D eigenvalue weighted by atomic mass is 9.78. The summed E-state index contributed by atoms with van der Waals surface area (Å²) < 4.78 is 2.51. The van der Waals surface area contributed by atoms with Crippen molar-refractivity contribution in [3.8, 4) is 0 Å². The second kappa shape index (κ2) is 7.69. The summed E-state index contributed by atoms with van der Waals surface area (Å²) in [4.78, 5) is 2.57. The van der Waals surface area contributed by atoms with Gasteiger partial charge in [0, 0.05) is 47.0 Å². The Balaban J connectivity index is 5.16. The fraction of sp³-hybridized carbons (Fsp3) is 1.00. The highest BCUT2D eigenvalue weighted by Gasteiger charge is 2.45. The predicted molar refractivity (Wildman–Crippen MR) is 110 cm³/mol. The Morgan fingerprint density at radius 2 is 1.23 bits per heavy atom. The summed E-state index contributed by atoms with van der Waals surface area (Å²) in [6.45, 7) is 25.8. The third kappa shape index (κ3) is 6.27. The fourth-order valence-electron chi connectivity index (χ4n) is 2.97. The molecule has 0 bridgehead atoms. The smallest absolute Gasteiger partial charge is 0.0427 e. The lowest BCUT2D eigenvalue weighted by molar-refractivity contribution is -0.000681. The van der Waals surface area contributed by atoms with Crippen LogP contribution in [-0.2, 0) is 0 Å². The maximum atomic E-state index is 2.57. The quantitative estimate of drug-likeness (QED) is 0.348. The van der Waals surface area contributed by atoms with Gasteiger partial charge in [-0.25, -0.2) is 3.11 Å². The molecule has 0 saturated heterocycles. The summed E-state index contributed by atoms with van der Waals surface area (Å²) in [6.07, 6.45) is 2.54. The normalized spacial score (nSPS) is 15.0. The minimum Gasteiger partial charge on any atom is -0.299 e. The van der Waals surface area contributed by atoms with Crippen molar-refractivity contribution in [2.75, 3.05) is 20.1 Å². The van der Waals surface area contributed by atoms with Crippen molar-refractivity contribution in [3.63, 3.8) is 0 Å². The van der Waals surface area contributed by atoms with Crippen molar-refractivity contribution in [1.82, 2.24) is 8.01 Å². The van der Waals surface area contributed by atoms with E-state index in [1.807, 2.05) is 0 Å². The SMILES string of the molecule is CCCC(C)(C)CN(C)C(C)(C)C(C)(C)N(I)CC(C)(C)C. The van der Waals surface area contributed by atoms with Crippen LogP contribution >= 0.6 is 22.9 Å². The van der Waals surface area contributed by atoms with Crippen LogP contribution in [-0.4, -0.2) is 39.2 Å². The lowest BCUT2D eigenvalue weighted by Gasteiger charge is -2.53. The fourth-order valence-corrected chi connectivity index (χ4v) is 4.59. The number of rotatable bonds is 8. The van der Waals surface area contributed by atoms with E-state index in [0.29, 0.717) is 10.8 Å². The minimum absolute atomic E-state index is 0.0951. The molecule has 0 unspecified atom stereocenters. The van der Waals surface area contributed by atoms with E-state index < -0.39 is 0 Å². The largest absolute Gasteiger partial charge is 0.299 e. The molecule has 0 aromatic heterocycles. The van der Waals surface area contributed by atoms with Gasteiger partial charge in [0.05, 0.1) is 0 Å². The molecule has 134 valence electrons. The van der Waals surface area contributed by atoms with Crippen LogP contribution in [0.4, 0.5) is 0 Å². The molecule has 0 saturated carbocycles. The van der Waals surface area contributed by atoms with Gasteiger partial charge in [0.1, 0.15) is 0 Å². The number of halogens is 1. The molecular weight excluding hydrogens is 383 g/mol. The number of hydrogen-bond donors (Lipinski definition) is 0. The maximum absolute atomic E-state index is 2.57. The van der Waals surface area contributed by atoms with Crippen LogP contribution in [0.3, 0.4) is 0 Å². The van der Waals surface area contributed by atoms with Crippen molar-refractivity contribution in [1.29, 1.82) is 0 Å². The van der Waals surface area contributed by atoms with Gasteiger partial charge in [0.2, 0.25) is 0 Å². The first-order valence-corrected chi connectivity index (χ1v) is 9.68. The van der Waals surface area contributed by atoms with E-state index in [2.05, 4.69) is 107 Å². The molecule has 0 rings (SSSR count). The van der Waals surface area contributed by atoms with E-state index in [4.69, 9.17) is 0 Å². The zero-order valence-corrected chi connectivity index (χ0v) is 19.3. The van der Waals surface area contributed by atoms with Crippen molar-refractivity contribution >= 4 is 22.9 Å². The second-order valence-electron chi connectivity index (χ2n) is 9.97. The first-order chi connectivity index (χ1) is 9.57. The summed E-state index contributed by atoms with van der Waals surface area (Å²) in [5, 5.41) is 0. The summed E-state index contributed by atoms with van der Waals surface area (Å²) in [7, 11) is 2.29. The average Bonchev–Trinajstić information content (AvgIpc) is 2.25. The highest BCUT2D eigenvalue weighted by atomic mass is 127. The molecule has 0 spiro atoms. The van der Waals surface area contributed by atoms with E-state index in [0.717, 1.165) is 13.1 Å². The van der Waals surface area contributed by atoms with E-state index in [1.54, 1.807) is 0 Å². The Morgan fingerprint density at radius 1 is 0.773 bits per heavy atom. The molecule has 0 aliphatic carbocycles. The Morgan fingerprint density at radius 3 is 1.59 bits per heavy atom. The van der Waals surface area contributed by atoms with Crippen LogP contribution in [0.25, 0.3) is 0 Å².